The second kappa shape index (κ2) is 4.82. The van der Waals surface area contributed by atoms with Crippen molar-refractivity contribution >= 4 is 5.69 Å². The van der Waals surface area contributed by atoms with Crippen LogP contribution < -0.4 is 11.3 Å². The Balaban J connectivity index is 2.22. The largest absolute Gasteiger partial charge is 0.397 e. The highest BCUT2D eigenvalue weighted by Gasteiger charge is 2.00. The average molecular weight is 229 g/mol. The number of nitrogens with zero attached hydrogens (tertiary/aromatic N) is 2. The van der Waals surface area contributed by atoms with Gasteiger partial charge < -0.3 is 5.73 Å². The summed E-state index contributed by atoms with van der Waals surface area (Å²) in [7, 11) is 0. The second-order valence-corrected chi connectivity index (χ2v) is 3.95. The van der Waals surface area contributed by atoms with Gasteiger partial charge in [-0.05, 0) is 17.5 Å². The van der Waals surface area contributed by atoms with Gasteiger partial charge in [-0.2, -0.15) is 5.10 Å². The predicted octanol–water partition coefficient (Wildman–Crippen LogP) is 1.44. The SMILES string of the molecule is CCc1ccc(Cn2ncc(N)cc2=O)cc1. The number of nitrogen functional groups attached to an aromatic ring is 1. The fourth-order valence-electron chi connectivity index (χ4n) is 1.62. The van der Waals surface area contributed by atoms with Crippen molar-refractivity contribution in [2.75, 3.05) is 5.73 Å². The number of benzene rings is 1. The van der Waals surface area contributed by atoms with Crippen LogP contribution in [0.3, 0.4) is 0 Å². The first-order valence-corrected chi connectivity index (χ1v) is 5.59. The molecule has 0 fully saturated rings. The number of aromatic nitrogens is 2. The lowest BCUT2D eigenvalue weighted by Gasteiger charge is -2.05. The highest BCUT2D eigenvalue weighted by atomic mass is 16.1. The summed E-state index contributed by atoms with van der Waals surface area (Å²) in [6.07, 6.45) is 2.50. The summed E-state index contributed by atoms with van der Waals surface area (Å²) in [6.45, 7) is 2.59. The van der Waals surface area contributed by atoms with Gasteiger partial charge in [0, 0.05) is 6.07 Å². The molecular formula is C13H15N3O. The van der Waals surface area contributed by atoms with Crippen LogP contribution in [-0.2, 0) is 13.0 Å². The maximum atomic E-state index is 11.6. The van der Waals surface area contributed by atoms with Crippen molar-refractivity contribution in [3.8, 4) is 0 Å². The van der Waals surface area contributed by atoms with E-state index in [1.807, 2.05) is 12.1 Å². The monoisotopic (exact) mass is 229 g/mol. The molecule has 88 valence electrons. The summed E-state index contributed by atoms with van der Waals surface area (Å²) in [5, 5.41) is 3.99. The third kappa shape index (κ3) is 2.72. The van der Waals surface area contributed by atoms with Crippen LogP contribution >= 0.6 is 0 Å². The number of aryl methyl sites for hydroxylation is 1. The molecule has 0 aliphatic rings. The standard InChI is InChI=1S/C13H15N3O/c1-2-10-3-5-11(6-4-10)9-16-13(17)7-12(14)8-15-16/h3-8H,2,9,14H2,1H3. The number of rotatable bonds is 3. The average Bonchev–Trinajstić information content (AvgIpc) is 2.34. The summed E-state index contributed by atoms with van der Waals surface area (Å²) in [5.41, 5.74) is 8.04. The van der Waals surface area contributed by atoms with Crippen molar-refractivity contribution in [3.05, 3.63) is 58.0 Å². The second-order valence-electron chi connectivity index (χ2n) is 3.95. The van der Waals surface area contributed by atoms with Crippen LogP contribution in [0.2, 0.25) is 0 Å². The minimum absolute atomic E-state index is 0.176. The summed E-state index contributed by atoms with van der Waals surface area (Å²) < 4.78 is 1.40. The van der Waals surface area contributed by atoms with Gasteiger partial charge in [0.05, 0.1) is 18.4 Å². The topological polar surface area (TPSA) is 60.9 Å². The molecule has 0 unspecified atom stereocenters. The maximum absolute atomic E-state index is 11.6. The molecule has 4 heteroatoms. The van der Waals surface area contributed by atoms with E-state index in [-0.39, 0.29) is 5.56 Å². The van der Waals surface area contributed by atoms with E-state index < -0.39 is 0 Å². The molecule has 0 amide bonds. The fraction of sp³-hybridized carbons (Fsp3) is 0.231. The molecule has 2 N–H and O–H groups in total. The first-order chi connectivity index (χ1) is 8.19. The number of hydrogen-bond acceptors (Lipinski definition) is 3. The molecule has 0 saturated heterocycles. The first kappa shape index (κ1) is 11.4. The van der Waals surface area contributed by atoms with Gasteiger partial charge in [-0.25, -0.2) is 4.68 Å². The van der Waals surface area contributed by atoms with E-state index in [0.717, 1.165) is 12.0 Å². The highest BCUT2D eigenvalue weighted by molar-refractivity contribution is 5.31. The van der Waals surface area contributed by atoms with Crippen molar-refractivity contribution in [1.82, 2.24) is 9.78 Å². The Labute approximate surface area is 99.7 Å². The van der Waals surface area contributed by atoms with Crippen molar-refractivity contribution in [3.63, 3.8) is 0 Å². The predicted molar refractivity (Wildman–Crippen MR) is 67.8 cm³/mol. The molecule has 2 aromatic rings. The van der Waals surface area contributed by atoms with Crippen molar-refractivity contribution < 1.29 is 0 Å². The molecule has 0 aliphatic heterocycles. The molecule has 4 nitrogen and oxygen atoms in total. The smallest absolute Gasteiger partial charge is 0.269 e. The third-order valence-electron chi connectivity index (χ3n) is 2.65. The van der Waals surface area contributed by atoms with E-state index in [0.29, 0.717) is 12.2 Å². The van der Waals surface area contributed by atoms with Crippen LogP contribution in [0.1, 0.15) is 18.1 Å². The van der Waals surface area contributed by atoms with Crippen LogP contribution in [0.15, 0.2) is 41.3 Å². The van der Waals surface area contributed by atoms with Gasteiger partial charge in [-0.3, -0.25) is 4.79 Å². The summed E-state index contributed by atoms with van der Waals surface area (Å²) in [6, 6.07) is 9.55. The van der Waals surface area contributed by atoms with E-state index in [9.17, 15) is 4.79 Å². The first-order valence-electron chi connectivity index (χ1n) is 5.59. The number of anilines is 1. The van der Waals surface area contributed by atoms with Gasteiger partial charge in [0.2, 0.25) is 0 Å². The van der Waals surface area contributed by atoms with E-state index in [2.05, 4.69) is 24.2 Å². The number of nitrogens with two attached hydrogens (primary N) is 1. The van der Waals surface area contributed by atoms with Gasteiger partial charge in [0.25, 0.3) is 5.56 Å². The molecule has 17 heavy (non-hydrogen) atoms. The lowest BCUT2D eigenvalue weighted by atomic mass is 10.1. The molecule has 0 saturated carbocycles. The van der Waals surface area contributed by atoms with Crippen LogP contribution in [0.25, 0.3) is 0 Å². The molecule has 1 aromatic heterocycles. The Hall–Kier alpha value is -2.10. The van der Waals surface area contributed by atoms with E-state index in [4.69, 9.17) is 5.73 Å². The minimum Gasteiger partial charge on any atom is -0.397 e. The van der Waals surface area contributed by atoms with Crippen molar-refractivity contribution in [2.45, 2.75) is 19.9 Å². The Bertz CT molecular complexity index is 558. The Morgan fingerprint density at radius 2 is 1.88 bits per heavy atom. The Kier molecular flexibility index (Phi) is 3.23. The van der Waals surface area contributed by atoms with Crippen molar-refractivity contribution in [2.24, 2.45) is 0 Å². The molecule has 1 aromatic carbocycles. The highest BCUT2D eigenvalue weighted by Crippen LogP contribution is 2.05. The normalized spacial score (nSPS) is 10.4. The lowest BCUT2D eigenvalue weighted by Crippen LogP contribution is -2.22. The molecule has 1 heterocycles. The third-order valence-corrected chi connectivity index (χ3v) is 2.65. The van der Waals surface area contributed by atoms with Gasteiger partial charge in [0.1, 0.15) is 0 Å². The molecule has 0 bridgehead atoms. The molecule has 0 radical (unpaired) electrons. The zero-order valence-electron chi connectivity index (χ0n) is 9.76. The lowest BCUT2D eigenvalue weighted by molar-refractivity contribution is 0.640. The van der Waals surface area contributed by atoms with Crippen LogP contribution in [0.5, 0.6) is 0 Å². The Morgan fingerprint density at radius 3 is 2.47 bits per heavy atom. The van der Waals surface area contributed by atoms with Gasteiger partial charge >= 0.3 is 0 Å². The van der Waals surface area contributed by atoms with E-state index in [1.165, 1.54) is 22.5 Å². The van der Waals surface area contributed by atoms with Gasteiger partial charge in [0.15, 0.2) is 0 Å². The molecule has 0 aliphatic carbocycles. The molecule has 0 atom stereocenters. The molecule has 2 rings (SSSR count). The quantitative estimate of drug-likeness (QED) is 0.866. The van der Waals surface area contributed by atoms with Crippen molar-refractivity contribution in [1.29, 1.82) is 0 Å². The summed E-state index contributed by atoms with van der Waals surface area (Å²) >= 11 is 0. The minimum atomic E-state index is -0.176. The molecule has 0 spiro atoms. The summed E-state index contributed by atoms with van der Waals surface area (Å²) in [4.78, 5) is 11.6. The molecular weight excluding hydrogens is 214 g/mol. The maximum Gasteiger partial charge on any atom is 0.269 e. The zero-order valence-corrected chi connectivity index (χ0v) is 9.76. The summed E-state index contributed by atoms with van der Waals surface area (Å²) in [5.74, 6) is 0. The van der Waals surface area contributed by atoms with Gasteiger partial charge in [-0.15, -0.1) is 0 Å². The van der Waals surface area contributed by atoms with E-state index in [1.54, 1.807) is 0 Å². The van der Waals surface area contributed by atoms with Crippen LogP contribution in [0, 0.1) is 0 Å². The van der Waals surface area contributed by atoms with Crippen LogP contribution in [-0.4, -0.2) is 9.78 Å². The van der Waals surface area contributed by atoms with Crippen LogP contribution in [0.4, 0.5) is 5.69 Å². The zero-order chi connectivity index (χ0) is 12.3. The number of hydrogen-bond donors (Lipinski definition) is 1. The Morgan fingerprint density at radius 1 is 1.24 bits per heavy atom. The van der Waals surface area contributed by atoms with E-state index >= 15 is 0 Å². The van der Waals surface area contributed by atoms with Gasteiger partial charge in [-0.1, -0.05) is 31.2 Å². The fourth-order valence-corrected chi connectivity index (χ4v) is 1.62.